The smallest absolute Gasteiger partial charge is 0.194 e. The normalized spacial score (nSPS) is 31.0. The number of sulfone groups is 1. The highest BCUT2D eigenvalue weighted by Gasteiger charge is 2.43. The lowest BCUT2D eigenvalue weighted by molar-refractivity contribution is 0.351. The Morgan fingerprint density at radius 2 is 2.10 bits per heavy atom. The molecule has 1 aliphatic heterocycles. The first kappa shape index (κ1) is 16.6. The molecule has 2 rings (SSSR count). The van der Waals surface area contributed by atoms with Crippen LogP contribution in [0.15, 0.2) is 4.99 Å². The minimum atomic E-state index is -3.00. The molecule has 1 heterocycles. The lowest BCUT2D eigenvalue weighted by Gasteiger charge is -2.39. The van der Waals surface area contributed by atoms with Crippen LogP contribution in [0, 0.1) is 5.92 Å². The van der Waals surface area contributed by atoms with E-state index in [0.717, 1.165) is 18.4 Å². The van der Waals surface area contributed by atoms with Crippen molar-refractivity contribution in [1.82, 2.24) is 10.2 Å². The van der Waals surface area contributed by atoms with Crippen LogP contribution < -0.4 is 5.32 Å². The number of hydrogen-bond acceptors (Lipinski definition) is 3. The first-order valence-corrected chi connectivity index (χ1v) is 9.74. The quantitative estimate of drug-likeness (QED) is 0.633. The van der Waals surface area contributed by atoms with Gasteiger partial charge in [-0.25, -0.2) is 8.42 Å². The summed E-state index contributed by atoms with van der Waals surface area (Å²) in [7, 11) is -3.00. The lowest BCUT2D eigenvalue weighted by Crippen LogP contribution is -2.57. The summed E-state index contributed by atoms with van der Waals surface area (Å²) in [5, 5.41) is 3.54. The fourth-order valence-corrected chi connectivity index (χ4v) is 4.36. The van der Waals surface area contributed by atoms with Crippen molar-refractivity contribution in [1.29, 1.82) is 0 Å². The number of rotatable bonds is 4. The summed E-state index contributed by atoms with van der Waals surface area (Å²) in [5.74, 6) is 1.87. The summed E-state index contributed by atoms with van der Waals surface area (Å²) < 4.78 is 23.5. The van der Waals surface area contributed by atoms with E-state index >= 15 is 0 Å². The summed E-state index contributed by atoms with van der Waals surface area (Å²) >= 11 is 0. The van der Waals surface area contributed by atoms with Crippen LogP contribution in [0.3, 0.4) is 0 Å². The van der Waals surface area contributed by atoms with Gasteiger partial charge in [-0.1, -0.05) is 13.3 Å². The average molecular weight is 315 g/mol. The van der Waals surface area contributed by atoms with Gasteiger partial charge in [0, 0.05) is 25.7 Å². The minimum absolute atomic E-state index is 0.216. The zero-order valence-electron chi connectivity index (χ0n) is 13.7. The highest BCUT2D eigenvalue weighted by atomic mass is 32.2. The SMILES string of the molecule is CCCC1CC1NC(=NCC)N1CCS(=O)(=O)C(C)(C)C1. The number of nitrogens with one attached hydrogen (secondary N) is 1. The molecule has 0 radical (unpaired) electrons. The molecule has 2 atom stereocenters. The summed E-state index contributed by atoms with van der Waals surface area (Å²) in [6.07, 6.45) is 3.70. The van der Waals surface area contributed by atoms with Crippen molar-refractivity contribution >= 4 is 15.8 Å². The summed E-state index contributed by atoms with van der Waals surface area (Å²) in [5.41, 5.74) is 0. The van der Waals surface area contributed by atoms with Gasteiger partial charge in [-0.05, 0) is 39.5 Å². The molecule has 21 heavy (non-hydrogen) atoms. The van der Waals surface area contributed by atoms with Crippen LogP contribution in [-0.2, 0) is 9.84 Å². The second-order valence-corrected chi connectivity index (χ2v) is 9.58. The Hall–Kier alpha value is -0.780. The Bertz CT molecular complexity index is 499. The standard InChI is InChI=1S/C15H29N3O2S/c1-5-7-12-10-13(12)17-14(16-6-2)18-8-9-21(19,20)15(3,4)11-18/h12-13H,5-11H2,1-4H3,(H,16,17). The zero-order chi connectivity index (χ0) is 15.7. The largest absolute Gasteiger partial charge is 0.353 e. The van der Waals surface area contributed by atoms with Gasteiger partial charge in [0.05, 0.1) is 10.5 Å². The average Bonchev–Trinajstić information content (AvgIpc) is 3.11. The fourth-order valence-electron chi connectivity index (χ4n) is 2.99. The van der Waals surface area contributed by atoms with Crippen LogP contribution in [0.4, 0.5) is 0 Å². The Morgan fingerprint density at radius 1 is 1.38 bits per heavy atom. The van der Waals surface area contributed by atoms with Gasteiger partial charge < -0.3 is 10.2 Å². The van der Waals surface area contributed by atoms with Gasteiger partial charge >= 0.3 is 0 Å². The van der Waals surface area contributed by atoms with E-state index in [1.807, 2.05) is 20.8 Å². The highest BCUT2D eigenvalue weighted by molar-refractivity contribution is 7.92. The van der Waals surface area contributed by atoms with E-state index in [-0.39, 0.29) is 5.75 Å². The van der Waals surface area contributed by atoms with Crippen molar-refractivity contribution in [2.75, 3.05) is 25.4 Å². The van der Waals surface area contributed by atoms with Crippen LogP contribution in [0.25, 0.3) is 0 Å². The third-order valence-electron chi connectivity index (χ3n) is 4.55. The van der Waals surface area contributed by atoms with E-state index < -0.39 is 14.6 Å². The molecule has 0 bridgehead atoms. The topological polar surface area (TPSA) is 61.8 Å². The van der Waals surface area contributed by atoms with Crippen molar-refractivity contribution in [3.63, 3.8) is 0 Å². The second kappa shape index (κ2) is 6.15. The van der Waals surface area contributed by atoms with E-state index in [0.29, 0.717) is 19.1 Å². The zero-order valence-corrected chi connectivity index (χ0v) is 14.5. The van der Waals surface area contributed by atoms with Crippen LogP contribution in [-0.4, -0.2) is 55.5 Å². The summed E-state index contributed by atoms with van der Waals surface area (Å²) in [6.45, 7) is 9.65. The van der Waals surface area contributed by atoms with Gasteiger partial charge in [0.1, 0.15) is 0 Å². The summed E-state index contributed by atoms with van der Waals surface area (Å²) in [4.78, 5) is 6.69. The van der Waals surface area contributed by atoms with Crippen molar-refractivity contribution in [2.24, 2.45) is 10.9 Å². The van der Waals surface area contributed by atoms with E-state index in [4.69, 9.17) is 0 Å². The molecule has 0 aromatic heterocycles. The molecule has 0 aromatic rings. The van der Waals surface area contributed by atoms with Crippen molar-refractivity contribution < 1.29 is 8.42 Å². The predicted octanol–water partition coefficient (Wildman–Crippen LogP) is 1.65. The Morgan fingerprint density at radius 3 is 2.67 bits per heavy atom. The Labute approximate surface area is 129 Å². The first-order chi connectivity index (χ1) is 9.80. The van der Waals surface area contributed by atoms with Gasteiger partial charge in [0.15, 0.2) is 15.8 Å². The molecule has 0 amide bonds. The molecule has 1 saturated heterocycles. The van der Waals surface area contributed by atoms with Crippen molar-refractivity contribution in [3.8, 4) is 0 Å². The van der Waals surface area contributed by atoms with E-state index in [1.165, 1.54) is 19.3 Å². The molecule has 6 heteroatoms. The van der Waals surface area contributed by atoms with Crippen LogP contribution in [0.2, 0.25) is 0 Å². The molecule has 2 unspecified atom stereocenters. The van der Waals surface area contributed by atoms with E-state index in [2.05, 4.69) is 22.1 Å². The highest BCUT2D eigenvalue weighted by Crippen LogP contribution is 2.35. The summed E-state index contributed by atoms with van der Waals surface area (Å²) in [6, 6.07) is 0.525. The van der Waals surface area contributed by atoms with Crippen LogP contribution in [0.1, 0.15) is 47.0 Å². The van der Waals surface area contributed by atoms with Gasteiger partial charge in [0.25, 0.3) is 0 Å². The van der Waals surface area contributed by atoms with Gasteiger partial charge in [-0.3, -0.25) is 4.99 Å². The third-order valence-corrected chi connectivity index (χ3v) is 7.08. The number of aliphatic imine (C=N–C) groups is 1. The lowest BCUT2D eigenvalue weighted by atomic mass is 10.2. The molecule has 1 N–H and O–H groups in total. The van der Waals surface area contributed by atoms with Crippen LogP contribution >= 0.6 is 0 Å². The molecular formula is C15H29N3O2S. The van der Waals surface area contributed by atoms with Crippen molar-refractivity contribution in [3.05, 3.63) is 0 Å². The molecule has 0 aromatic carbocycles. The Balaban J connectivity index is 2.02. The fraction of sp³-hybridized carbons (Fsp3) is 0.933. The number of hydrogen-bond donors (Lipinski definition) is 1. The van der Waals surface area contributed by atoms with Gasteiger partial charge in [-0.15, -0.1) is 0 Å². The number of nitrogens with zero attached hydrogens (tertiary/aromatic N) is 2. The number of guanidine groups is 1. The molecule has 2 fully saturated rings. The predicted molar refractivity (Wildman–Crippen MR) is 87.4 cm³/mol. The molecule has 1 saturated carbocycles. The second-order valence-electron chi connectivity index (χ2n) is 6.83. The maximum atomic E-state index is 12.1. The monoisotopic (exact) mass is 315 g/mol. The van der Waals surface area contributed by atoms with E-state index in [1.54, 1.807) is 0 Å². The first-order valence-electron chi connectivity index (χ1n) is 8.09. The van der Waals surface area contributed by atoms with Gasteiger partial charge in [0.2, 0.25) is 0 Å². The molecule has 5 nitrogen and oxygen atoms in total. The minimum Gasteiger partial charge on any atom is -0.353 e. The van der Waals surface area contributed by atoms with E-state index in [9.17, 15) is 8.42 Å². The molecule has 1 aliphatic carbocycles. The van der Waals surface area contributed by atoms with Crippen LogP contribution in [0.5, 0.6) is 0 Å². The van der Waals surface area contributed by atoms with Crippen molar-refractivity contribution in [2.45, 2.75) is 57.7 Å². The maximum Gasteiger partial charge on any atom is 0.194 e. The third kappa shape index (κ3) is 3.71. The Kier molecular flexibility index (Phi) is 4.85. The molecule has 0 spiro atoms. The molecule has 122 valence electrons. The van der Waals surface area contributed by atoms with Gasteiger partial charge in [-0.2, -0.15) is 0 Å². The molecule has 2 aliphatic rings. The maximum absolute atomic E-state index is 12.1. The molecular weight excluding hydrogens is 286 g/mol.